The standard InChI is InChI=1S/C19H27N5OS/c1-4-23(16-10-6-5-7-11-16)18(25)13-26-19-20-21-22-24(19)17-12-8-9-14(2)15(17)3/h8-9,12,16H,4-7,10-11,13H2,1-3H3. The summed E-state index contributed by atoms with van der Waals surface area (Å²) in [6.45, 7) is 6.97. The van der Waals surface area contributed by atoms with E-state index in [0.29, 0.717) is 17.0 Å². The number of nitrogens with zero attached hydrogens (tertiary/aromatic N) is 5. The van der Waals surface area contributed by atoms with E-state index in [1.165, 1.54) is 36.6 Å². The van der Waals surface area contributed by atoms with Crippen molar-refractivity contribution in [1.82, 2.24) is 25.1 Å². The van der Waals surface area contributed by atoms with Crippen LogP contribution in [0.3, 0.4) is 0 Å². The number of thioether (sulfide) groups is 1. The Labute approximate surface area is 159 Å². The predicted octanol–water partition coefficient (Wildman–Crippen LogP) is 3.55. The van der Waals surface area contributed by atoms with Gasteiger partial charge in [0.25, 0.3) is 0 Å². The zero-order chi connectivity index (χ0) is 18.5. The summed E-state index contributed by atoms with van der Waals surface area (Å²) < 4.78 is 1.73. The number of carbonyl (C=O) groups is 1. The molecule has 0 N–H and O–H groups in total. The number of hydrogen-bond acceptors (Lipinski definition) is 5. The van der Waals surface area contributed by atoms with Gasteiger partial charge in [-0.1, -0.05) is 43.2 Å². The molecule has 0 unspecified atom stereocenters. The maximum atomic E-state index is 12.8. The molecule has 0 radical (unpaired) electrons. The van der Waals surface area contributed by atoms with Crippen LogP contribution in [-0.2, 0) is 4.79 Å². The molecule has 6 nitrogen and oxygen atoms in total. The molecule has 1 fully saturated rings. The van der Waals surface area contributed by atoms with Crippen LogP contribution in [0.4, 0.5) is 0 Å². The first-order valence-electron chi connectivity index (χ1n) is 9.39. The molecule has 3 rings (SSSR count). The number of hydrogen-bond donors (Lipinski definition) is 0. The minimum Gasteiger partial charge on any atom is -0.339 e. The summed E-state index contributed by atoms with van der Waals surface area (Å²) in [5, 5.41) is 12.7. The molecule has 140 valence electrons. The molecule has 1 aliphatic carbocycles. The maximum absolute atomic E-state index is 12.8. The lowest BCUT2D eigenvalue weighted by Crippen LogP contribution is -2.42. The smallest absolute Gasteiger partial charge is 0.233 e. The van der Waals surface area contributed by atoms with Crippen LogP contribution in [0.2, 0.25) is 0 Å². The fraction of sp³-hybridized carbons (Fsp3) is 0.579. The quantitative estimate of drug-likeness (QED) is 0.725. The van der Waals surface area contributed by atoms with E-state index in [2.05, 4.69) is 42.4 Å². The minimum absolute atomic E-state index is 0.180. The first kappa shape index (κ1) is 18.9. The van der Waals surface area contributed by atoms with E-state index in [1.54, 1.807) is 4.68 Å². The third-order valence-corrected chi connectivity index (χ3v) is 6.15. The second kappa shape index (κ2) is 8.66. The highest BCUT2D eigenvalue weighted by Crippen LogP contribution is 2.25. The Morgan fingerprint density at radius 1 is 1.27 bits per heavy atom. The number of amides is 1. The van der Waals surface area contributed by atoms with Gasteiger partial charge in [-0.05, 0) is 61.2 Å². The van der Waals surface area contributed by atoms with Gasteiger partial charge in [-0.2, -0.15) is 4.68 Å². The number of carbonyl (C=O) groups excluding carboxylic acids is 1. The van der Waals surface area contributed by atoms with Crippen LogP contribution in [0.5, 0.6) is 0 Å². The van der Waals surface area contributed by atoms with Crippen molar-refractivity contribution in [2.75, 3.05) is 12.3 Å². The monoisotopic (exact) mass is 373 g/mol. The summed E-state index contributed by atoms with van der Waals surface area (Å²) in [6.07, 6.45) is 6.01. The van der Waals surface area contributed by atoms with E-state index >= 15 is 0 Å². The highest BCUT2D eigenvalue weighted by molar-refractivity contribution is 7.99. The molecule has 2 aromatic rings. The van der Waals surface area contributed by atoms with Gasteiger partial charge in [-0.25, -0.2) is 0 Å². The van der Waals surface area contributed by atoms with Gasteiger partial charge >= 0.3 is 0 Å². The first-order chi connectivity index (χ1) is 12.6. The van der Waals surface area contributed by atoms with Crippen molar-refractivity contribution in [3.8, 4) is 5.69 Å². The second-order valence-corrected chi connectivity index (χ2v) is 7.80. The van der Waals surface area contributed by atoms with E-state index < -0.39 is 0 Å². The molecular formula is C19H27N5OS. The SMILES string of the molecule is CCN(C(=O)CSc1nnnn1-c1cccc(C)c1C)C1CCCCC1. The maximum Gasteiger partial charge on any atom is 0.233 e. The lowest BCUT2D eigenvalue weighted by atomic mass is 9.94. The fourth-order valence-corrected chi connectivity index (χ4v) is 4.40. The van der Waals surface area contributed by atoms with Crippen LogP contribution in [0.15, 0.2) is 23.4 Å². The number of aromatic nitrogens is 4. The highest BCUT2D eigenvalue weighted by Gasteiger charge is 2.24. The third kappa shape index (κ3) is 4.09. The Morgan fingerprint density at radius 3 is 2.77 bits per heavy atom. The lowest BCUT2D eigenvalue weighted by molar-refractivity contribution is -0.131. The van der Waals surface area contributed by atoms with Gasteiger partial charge < -0.3 is 4.90 Å². The van der Waals surface area contributed by atoms with Crippen molar-refractivity contribution < 1.29 is 4.79 Å². The van der Waals surface area contributed by atoms with Gasteiger partial charge in [0.1, 0.15) is 0 Å². The van der Waals surface area contributed by atoms with E-state index in [4.69, 9.17) is 0 Å². The average Bonchev–Trinajstić information content (AvgIpc) is 3.12. The summed E-state index contributed by atoms with van der Waals surface area (Å²) >= 11 is 1.41. The molecule has 0 spiro atoms. The Kier molecular flexibility index (Phi) is 6.29. The fourth-order valence-electron chi connectivity index (χ4n) is 3.63. The Bertz CT molecular complexity index is 754. The van der Waals surface area contributed by atoms with Gasteiger partial charge in [0.15, 0.2) is 0 Å². The first-order valence-corrected chi connectivity index (χ1v) is 10.4. The van der Waals surface area contributed by atoms with Gasteiger partial charge in [-0.15, -0.1) is 5.10 Å². The van der Waals surface area contributed by atoms with Crippen LogP contribution < -0.4 is 0 Å². The summed E-state index contributed by atoms with van der Waals surface area (Å²) in [5.41, 5.74) is 3.30. The molecular weight excluding hydrogens is 346 g/mol. The van der Waals surface area contributed by atoms with Crippen LogP contribution in [0.25, 0.3) is 5.69 Å². The molecule has 7 heteroatoms. The minimum atomic E-state index is 0.180. The molecule has 0 atom stereocenters. The summed E-state index contributed by atoms with van der Waals surface area (Å²) in [7, 11) is 0. The van der Waals surface area contributed by atoms with Crippen molar-refractivity contribution in [1.29, 1.82) is 0 Å². The highest BCUT2D eigenvalue weighted by atomic mass is 32.2. The third-order valence-electron chi connectivity index (χ3n) is 5.25. The van der Waals surface area contributed by atoms with Crippen LogP contribution in [0.1, 0.15) is 50.2 Å². The molecule has 1 aromatic carbocycles. The molecule has 1 saturated carbocycles. The van der Waals surface area contributed by atoms with E-state index in [1.807, 2.05) is 17.0 Å². The normalized spacial score (nSPS) is 15.2. The van der Waals surface area contributed by atoms with Gasteiger partial charge in [0, 0.05) is 12.6 Å². The topological polar surface area (TPSA) is 63.9 Å². The summed E-state index contributed by atoms with van der Waals surface area (Å²) in [5.74, 6) is 0.551. The number of rotatable bonds is 6. The van der Waals surface area contributed by atoms with Gasteiger partial charge in [-0.3, -0.25) is 4.79 Å². The van der Waals surface area contributed by atoms with Crippen LogP contribution >= 0.6 is 11.8 Å². The van der Waals surface area contributed by atoms with Crippen LogP contribution in [-0.4, -0.2) is 49.4 Å². The van der Waals surface area contributed by atoms with E-state index in [-0.39, 0.29) is 5.91 Å². The van der Waals surface area contributed by atoms with Gasteiger partial charge in [0.2, 0.25) is 11.1 Å². The van der Waals surface area contributed by atoms with E-state index in [9.17, 15) is 4.79 Å². The van der Waals surface area contributed by atoms with E-state index in [0.717, 1.165) is 30.6 Å². The Balaban J connectivity index is 1.69. The van der Waals surface area contributed by atoms with Crippen molar-refractivity contribution in [2.24, 2.45) is 0 Å². The molecule has 1 amide bonds. The molecule has 1 aliphatic rings. The predicted molar refractivity (Wildman–Crippen MR) is 104 cm³/mol. The largest absolute Gasteiger partial charge is 0.339 e. The van der Waals surface area contributed by atoms with Crippen molar-refractivity contribution in [3.63, 3.8) is 0 Å². The van der Waals surface area contributed by atoms with Crippen LogP contribution in [0, 0.1) is 13.8 Å². The molecule has 1 aromatic heterocycles. The second-order valence-electron chi connectivity index (χ2n) is 6.85. The summed E-state index contributed by atoms with van der Waals surface area (Å²) in [4.78, 5) is 14.8. The average molecular weight is 374 g/mol. The number of benzene rings is 1. The molecule has 0 saturated heterocycles. The molecule has 0 aliphatic heterocycles. The zero-order valence-corrected chi connectivity index (χ0v) is 16.6. The molecule has 1 heterocycles. The number of tetrazole rings is 1. The zero-order valence-electron chi connectivity index (χ0n) is 15.8. The van der Waals surface area contributed by atoms with Gasteiger partial charge in [0.05, 0.1) is 11.4 Å². The Hall–Kier alpha value is -1.89. The van der Waals surface area contributed by atoms with Crippen molar-refractivity contribution in [3.05, 3.63) is 29.3 Å². The molecule has 26 heavy (non-hydrogen) atoms. The van der Waals surface area contributed by atoms with Crippen molar-refractivity contribution in [2.45, 2.75) is 64.1 Å². The number of aryl methyl sites for hydroxylation is 1. The van der Waals surface area contributed by atoms with Crippen molar-refractivity contribution >= 4 is 17.7 Å². The Morgan fingerprint density at radius 2 is 2.04 bits per heavy atom. The summed E-state index contributed by atoms with van der Waals surface area (Å²) in [6, 6.07) is 6.48. The lowest BCUT2D eigenvalue weighted by Gasteiger charge is -2.33. The molecule has 0 bridgehead atoms.